The van der Waals surface area contributed by atoms with Crippen molar-refractivity contribution in [3.05, 3.63) is 23.8 Å². The summed E-state index contributed by atoms with van der Waals surface area (Å²) < 4.78 is 16.0. The standard InChI is InChI=1S/C13H20N2O3/c1-9(2)17-4-5-18-12-7-10(13(14)15)6-11(8-12)16-3/h6-9H,4-5H2,1-3H3,(H3,14,15). The second-order valence-corrected chi connectivity index (χ2v) is 4.08. The number of hydrogen-bond donors (Lipinski definition) is 2. The molecule has 1 rings (SSSR count). The average molecular weight is 252 g/mol. The van der Waals surface area contributed by atoms with E-state index in [1.165, 1.54) is 0 Å². The lowest BCUT2D eigenvalue weighted by molar-refractivity contribution is 0.0552. The molecular formula is C13H20N2O3. The fourth-order valence-corrected chi connectivity index (χ4v) is 1.37. The number of ether oxygens (including phenoxy) is 3. The van der Waals surface area contributed by atoms with Gasteiger partial charge in [-0.3, -0.25) is 5.41 Å². The summed E-state index contributed by atoms with van der Waals surface area (Å²) in [6, 6.07) is 5.15. The number of amidine groups is 1. The van der Waals surface area contributed by atoms with Gasteiger partial charge in [-0.1, -0.05) is 0 Å². The Hall–Kier alpha value is -1.75. The smallest absolute Gasteiger partial charge is 0.123 e. The summed E-state index contributed by atoms with van der Waals surface area (Å²) in [6.07, 6.45) is 0.187. The van der Waals surface area contributed by atoms with Crippen LogP contribution in [0.25, 0.3) is 0 Å². The van der Waals surface area contributed by atoms with Crippen molar-refractivity contribution in [2.24, 2.45) is 5.73 Å². The monoisotopic (exact) mass is 252 g/mol. The Morgan fingerprint density at radius 3 is 2.44 bits per heavy atom. The molecule has 0 saturated heterocycles. The Labute approximate surface area is 107 Å². The Bertz CT molecular complexity index is 405. The van der Waals surface area contributed by atoms with Gasteiger partial charge in [0.25, 0.3) is 0 Å². The van der Waals surface area contributed by atoms with Crippen molar-refractivity contribution in [2.75, 3.05) is 20.3 Å². The zero-order valence-electron chi connectivity index (χ0n) is 11.0. The van der Waals surface area contributed by atoms with Crippen LogP contribution in [0.3, 0.4) is 0 Å². The van der Waals surface area contributed by atoms with Gasteiger partial charge in [-0.2, -0.15) is 0 Å². The number of nitrogens with two attached hydrogens (primary N) is 1. The van der Waals surface area contributed by atoms with Gasteiger partial charge in [0.05, 0.1) is 19.8 Å². The van der Waals surface area contributed by atoms with Gasteiger partial charge < -0.3 is 19.9 Å². The molecule has 0 aromatic heterocycles. The fraction of sp³-hybridized carbons (Fsp3) is 0.462. The highest BCUT2D eigenvalue weighted by Crippen LogP contribution is 2.22. The summed E-state index contributed by atoms with van der Waals surface area (Å²) in [7, 11) is 1.56. The quantitative estimate of drug-likeness (QED) is 0.440. The van der Waals surface area contributed by atoms with Crippen LogP contribution in [-0.4, -0.2) is 32.3 Å². The maximum absolute atomic E-state index is 7.42. The second kappa shape index (κ2) is 6.86. The van der Waals surface area contributed by atoms with Crippen LogP contribution in [0.1, 0.15) is 19.4 Å². The number of methoxy groups -OCH3 is 1. The van der Waals surface area contributed by atoms with Gasteiger partial charge in [0.1, 0.15) is 23.9 Å². The molecule has 0 aliphatic rings. The molecule has 1 aromatic rings. The van der Waals surface area contributed by atoms with Crippen LogP contribution in [-0.2, 0) is 4.74 Å². The van der Waals surface area contributed by atoms with Crippen molar-refractivity contribution >= 4 is 5.84 Å². The molecule has 0 atom stereocenters. The number of nitrogens with one attached hydrogen (secondary N) is 1. The van der Waals surface area contributed by atoms with E-state index >= 15 is 0 Å². The molecule has 1 aromatic carbocycles. The van der Waals surface area contributed by atoms with E-state index in [4.69, 9.17) is 25.4 Å². The number of rotatable bonds is 7. The first-order valence-electron chi connectivity index (χ1n) is 5.80. The van der Waals surface area contributed by atoms with E-state index in [0.717, 1.165) is 0 Å². The topological polar surface area (TPSA) is 77.6 Å². The number of hydrogen-bond acceptors (Lipinski definition) is 4. The third kappa shape index (κ3) is 4.63. The van der Waals surface area contributed by atoms with Crippen molar-refractivity contribution in [3.63, 3.8) is 0 Å². The normalized spacial score (nSPS) is 10.4. The van der Waals surface area contributed by atoms with E-state index < -0.39 is 0 Å². The predicted octanol–water partition coefficient (Wildman–Crippen LogP) is 1.78. The Kier molecular flexibility index (Phi) is 5.45. The molecule has 100 valence electrons. The zero-order chi connectivity index (χ0) is 13.5. The van der Waals surface area contributed by atoms with Gasteiger partial charge in [-0.05, 0) is 26.0 Å². The van der Waals surface area contributed by atoms with Crippen LogP contribution in [0, 0.1) is 5.41 Å². The van der Waals surface area contributed by atoms with Gasteiger partial charge in [-0.25, -0.2) is 0 Å². The van der Waals surface area contributed by atoms with Crippen LogP contribution in [0.4, 0.5) is 0 Å². The van der Waals surface area contributed by atoms with Gasteiger partial charge in [0.15, 0.2) is 0 Å². The average Bonchev–Trinajstić information content (AvgIpc) is 2.34. The van der Waals surface area contributed by atoms with Crippen LogP contribution >= 0.6 is 0 Å². The molecule has 18 heavy (non-hydrogen) atoms. The fourth-order valence-electron chi connectivity index (χ4n) is 1.37. The molecule has 0 radical (unpaired) electrons. The van der Waals surface area contributed by atoms with Gasteiger partial charge >= 0.3 is 0 Å². The first kappa shape index (κ1) is 14.3. The number of benzene rings is 1. The third-order valence-corrected chi connectivity index (χ3v) is 2.23. The molecule has 0 amide bonds. The lowest BCUT2D eigenvalue weighted by Gasteiger charge is -2.11. The summed E-state index contributed by atoms with van der Waals surface area (Å²) in [6.45, 7) is 4.91. The minimum atomic E-state index is -0.0165. The molecule has 3 N–H and O–H groups in total. The maximum Gasteiger partial charge on any atom is 0.123 e. The summed E-state index contributed by atoms with van der Waals surface area (Å²) >= 11 is 0. The maximum atomic E-state index is 7.42. The van der Waals surface area contributed by atoms with Crippen molar-refractivity contribution in [2.45, 2.75) is 20.0 Å². The van der Waals surface area contributed by atoms with E-state index in [-0.39, 0.29) is 11.9 Å². The molecule has 0 bridgehead atoms. The molecule has 0 saturated carbocycles. The van der Waals surface area contributed by atoms with E-state index in [1.807, 2.05) is 13.8 Å². The van der Waals surface area contributed by atoms with Crippen LogP contribution < -0.4 is 15.2 Å². The van der Waals surface area contributed by atoms with E-state index in [9.17, 15) is 0 Å². The minimum Gasteiger partial charge on any atom is -0.497 e. The van der Waals surface area contributed by atoms with Crippen LogP contribution in [0.5, 0.6) is 11.5 Å². The molecule has 5 heteroatoms. The highest BCUT2D eigenvalue weighted by Gasteiger charge is 2.05. The van der Waals surface area contributed by atoms with Gasteiger partial charge in [0.2, 0.25) is 0 Å². The lowest BCUT2D eigenvalue weighted by Crippen LogP contribution is -2.13. The summed E-state index contributed by atoms with van der Waals surface area (Å²) in [5.41, 5.74) is 6.03. The van der Waals surface area contributed by atoms with Gasteiger partial charge in [0, 0.05) is 11.6 Å². The molecule has 0 aliphatic heterocycles. The zero-order valence-corrected chi connectivity index (χ0v) is 11.0. The molecule has 0 unspecified atom stereocenters. The molecule has 0 heterocycles. The number of nitrogen functional groups attached to an aromatic ring is 1. The molecule has 0 aliphatic carbocycles. The van der Waals surface area contributed by atoms with Crippen LogP contribution in [0.2, 0.25) is 0 Å². The first-order valence-corrected chi connectivity index (χ1v) is 5.80. The summed E-state index contributed by atoms with van der Waals surface area (Å²) in [4.78, 5) is 0. The minimum absolute atomic E-state index is 0.0165. The Morgan fingerprint density at radius 2 is 1.89 bits per heavy atom. The molecular weight excluding hydrogens is 232 g/mol. The van der Waals surface area contributed by atoms with E-state index in [2.05, 4.69) is 0 Å². The Morgan fingerprint density at radius 1 is 1.22 bits per heavy atom. The predicted molar refractivity (Wildman–Crippen MR) is 70.6 cm³/mol. The van der Waals surface area contributed by atoms with E-state index in [1.54, 1.807) is 25.3 Å². The summed E-state index contributed by atoms with van der Waals surface area (Å²) in [5, 5.41) is 7.42. The van der Waals surface area contributed by atoms with Crippen LogP contribution in [0.15, 0.2) is 18.2 Å². The molecule has 0 fully saturated rings. The van der Waals surface area contributed by atoms with Crippen molar-refractivity contribution in [1.29, 1.82) is 5.41 Å². The van der Waals surface area contributed by atoms with Crippen molar-refractivity contribution in [1.82, 2.24) is 0 Å². The highest BCUT2D eigenvalue weighted by molar-refractivity contribution is 5.95. The molecule has 0 spiro atoms. The highest BCUT2D eigenvalue weighted by atomic mass is 16.5. The first-order chi connectivity index (χ1) is 8.52. The lowest BCUT2D eigenvalue weighted by atomic mass is 10.2. The third-order valence-electron chi connectivity index (χ3n) is 2.23. The SMILES string of the molecule is COc1cc(OCCOC(C)C)cc(C(=N)N)c1. The van der Waals surface area contributed by atoms with Crippen molar-refractivity contribution < 1.29 is 14.2 Å². The van der Waals surface area contributed by atoms with Crippen molar-refractivity contribution in [3.8, 4) is 11.5 Å². The largest absolute Gasteiger partial charge is 0.497 e. The van der Waals surface area contributed by atoms with E-state index in [0.29, 0.717) is 30.3 Å². The summed E-state index contributed by atoms with van der Waals surface area (Å²) in [5.74, 6) is 1.21. The second-order valence-electron chi connectivity index (χ2n) is 4.08. The molecule has 5 nitrogen and oxygen atoms in total. The Balaban J connectivity index is 2.64. The van der Waals surface area contributed by atoms with Gasteiger partial charge in [-0.15, -0.1) is 0 Å².